The normalized spacial score (nSPS) is 12.2. The van der Waals surface area contributed by atoms with Crippen LogP contribution in [0.3, 0.4) is 0 Å². The maximum atomic E-state index is 11.1. The van der Waals surface area contributed by atoms with E-state index in [1.165, 1.54) is 51.4 Å². The van der Waals surface area contributed by atoms with E-state index in [9.17, 15) is 5.11 Å². The summed E-state index contributed by atoms with van der Waals surface area (Å²) in [5.74, 6) is 0.687. The van der Waals surface area contributed by atoms with E-state index in [-0.39, 0.29) is 12.4 Å². The van der Waals surface area contributed by atoms with E-state index < -0.39 is 6.10 Å². The molecule has 0 fully saturated rings. The van der Waals surface area contributed by atoms with Gasteiger partial charge in [-0.05, 0) is 43.6 Å². The lowest BCUT2D eigenvalue weighted by Crippen LogP contribution is -2.31. The summed E-state index contributed by atoms with van der Waals surface area (Å²) in [5, 5.41) is 12.0. The predicted molar refractivity (Wildman–Crippen MR) is 130 cm³/mol. The van der Waals surface area contributed by atoms with Crippen LogP contribution in [0.5, 0.6) is 5.75 Å². The molecule has 1 atom stereocenters. The van der Waals surface area contributed by atoms with E-state index in [4.69, 9.17) is 10.5 Å². The molecule has 0 aliphatic heterocycles. The summed E-state index contributed by atoms with van der Waals surface area (Å²) < 4.78 is 5.37. The maximum absolute atomic E-state index is 11.1. The van der Waals surface area contributed by atoms with Gasteiger partial charge in [-0.3, -0.25) is 4.98 Å². The van der Waals surface area contributed by atoms with Crippen LogP contribution < -0.4 is 10.5 Å². The highest BCUT2D eigenvalue weighted by Gasteiger charge is 2.17. The van der Waals surface area contributed by atoms with E-state index in [2.05, 4.69) is 23.7 Å². The molecule has 0 saturated heterocycles. The van der Waals surface area contributed by atoms with Gasteiger partial charge in [0.2, 0.25) is 0 Å². The molecule has 3 N–H and O–H groups in total. The molecule has 0 aliphatic carbocycles. The van der Waals surface area contributed by atoms with Crippen molar-refractivity contribution in [1.82, 2.24) is 9.88 Å². The third-order valence-corrected chi connectivity index (χ3v) is 5.56. The lowest BCUT2D eigenvalue weighted by Gasteiger charge is -2.26. The van der Waals surface area contributed by atoms with Gasteiger partial charge in [0.1, 0.15) is 5.75 Å². The second kappa shape index (κ2) is 14.4. The van der Waals surface area contributed by atoms with Crippen molar-refractivity contribution in [2.75, 3.05) is 32.5 Å². The van der Waals surface area contributed by atoms with E-state index in [1.807, 2.05) is 12.1 Å². The molecule has 2 rings (SSSR count). The Kier molecular flexibility index (Phi) is 12.7. The Morgan fingerprint density at radius 1 is 1.03 bits per heavy atom. The van der Waals surface area contributed by atoms with E-state index in [1.54, 1.807) is 19.4 Å². The fourth-order valence-electron chi connectivity index (χ4n) is 3.85. The molecule has 1 heterocycles. The van der Waals surface area contributed by atoms with E-state index in [0.29, 0.717) is 18.0 Å². The number of benzene rings is 1. The van der Waals surface area contributed by atoms with Gasteiger partial charge in [0.15, 0.2) is 0 Å². The van der Waals surface area contributed by atoms with Crippen molar-refractivity contribution in [2.45, 2.75) is 71.3 Å². The highest BCUT2D eigenvalue weighted by molar-refractivity contribution is 5.93. The molecule has 0 amide bonds. The lowest BCUT2D eigenvalue weighted by atomic mass is 10.0. The minimum absolute atomic E-state index is 0. The van der Waals surface area contributed by atoms with Gasteiger partial charge in [-0.15, -0.1) is 12.4 Å². The molecule has 6 heteroatoms. The summed E-state index contributed by atoms with van der Waals surface area (Å²) in [6.07, 6.45) is 11.1. The number of aliphatic hydroxyl groups excluding tert-OH is 1. The summed E-state index contributed by atoms with van der Waals surface area (Å²) in [4.78, 5) is 6.84. The van der Waals surface area contributed by atoms with Crippen molar-refractivity contribution in [2.24, 2.45) is 0 Å². The van der Waals surface area contributed by atoms with Crippen LogP contribution in [0.1, 0.15) is 76.9 Å². The number of unbranched alkanes of at least 4 members (excludes halogenated alkanes) is 6. The second-order valence-corrected chi connectivity index (χ2v) is 7.95. The molecule has 0 spiro atoms. The van der Waals surface area contributed by atoms with Gasteiger partial charge < -0.3 is 20.5 Å². The van der Waals surface area contributed by atoms with Gasteiger partial charge in [0.05, 0.1) is 24.4 Å². The smallest absolute Gasteiger partial charge is 0.121 e. The maximum Gasteiger partial charge on any atom is 0.121 e. The van der Waals surface area contributed by atoms with Gasteiger partial charge in [-0.25, -0.2) is 0 Å². The number of hydrogen-bond acceptors (Lipinski definition) is 5. The number of nitrogen functional groups attached to an aromatic ring is 1. The quantitative estimate of drug-likeness (QED) is 0.291. The number of aromatic nitrogens is 1. The number of nitrogens with zero attached hydrogens (tertiary/aromatic N) is 2. The van der Waals surface area contributed by atoms with Crippen molar-refractivity contribution in [3.8, 4) is 5.75 Å². The summed E-state index contributed by atoms with van der Waals surface area (Å²) in [6.45, 7) is 7.19. The first-order chi connectivity index (χ1) is 14.1. The van der Waals surface area contributed by atoms with Crippen LogP contribution in [0.15, 0.2) is 24.4 Å². The summed E-state index contributed by atoms with van der Waals surface area (Å²) in [5.41, 5.74) is 8.32. The molecule has 30 heavy (non-hydrogen) atoms. The van der Waals surface area contributed by atoms with Gasteiger partial charge >= 0.3 is 0 Å². The number of aliphatic hydroxyl groups is 1. The predicted octanol–water partition coefficient (Wildman–Crippen LogP) is 5.74. The van der Waals surface area contributed by atoms with Crippen molar-refractivity contribution < 1.29 is 9.84 Å². The van der Waals surface area contributed by atoms with Crippen LogP contribution >= 0.6 is 12.4 Å². The van der Waals surface area contributed by atoms with Gasteiger partial charge in [0, 0.05) is 24.2 Å². The molecule has 170 valence electrons. The van der Waals surface area contributed by atoms with Crippen LogP contribution in [0.25, 0.3) is 10.9 Å². The van der Waals surface area contributed by atoms with Crippen LogP contribution in [0.2, 0.25) is 0 Å². The van der Waals surface area contributed by atoms with Crippen LogP contribution in [-0.4, -0.2) is 41.7 Å². The largest absolute Gasteiger partial charge is 0.497 e. The Labute approximate surface area is 188 Å². The number of methoxy groups -OCH3 is 1. The Morgan fingerprint density at radius 3 is 2.23 bits per heavy atom. The van der Waals surface area contributed by atoms with Gasteiger partial charge in [-0.1, -0.05) is 52.4 Å². The molecule has 5 nitrogen and oxygen atoms in total. The number of pyridine rings is 1. The molecule has 0 bridgehead atoms. The first kappa shape index (κ1) is 26.5. The zero-order chi connectivity index (χ0) is 21.1. The minimum atomic E-state index is -0.579. The monoisotopic (exact) mass is 437 g/mol. The molecule has 1 aromatic carbocycles. The van der Waals surface area contributed by atoms with Crippen molar-refractivity contribution in [3.05, 3.63) is 30.0 Å². The molecular formula is C24H40ClN3O2. The Balaban J connectivity index is 0.00000450. The summed E-state index contributed by atoms with van der Waals surface area (Å²) in [7, 11) is 1.63. The second-order valence-electron chi connectivity index (χ2n) is 7.95. The molecule has 0 saturated carbocycles. The van der Waals surface area contributed by atoms with Crippen LogP contribution in [-0.2, 0) is 0 Å². The average Bonchev–Trinajstić information content (AvgIpc) is 2.73. The Bertz CT molecular complexity index is 730. The first-order valence-corrected chi connectivity index (χ1v) is 11.2. The van der Waals surface area contributed by atoms with Crippen LogP contribution in [0, 0.1) is 0 Å². The zero-order valence-corrected chi connectivity index (χ0v) is 19.7. The number of hydrogen-bond donors (Lipinski definition) is 2. The SMILES string of the molecule is CCCCCCN(CCCCCC)CC(O)c1ccnc2c(N)cc(OC)cc12.Cl. The Morgan fingerprint density at radius 2 is 1.67 bits per heavy atom. The molecular weight excluding hydrogens is 398 g/mol. The fourth-order valence-corrected chi connectivity index (χ4v) is 3.85. The first-order valence-electron chi connectivity index (χ1n) is 11.2. The van der Waals surface area contributed by atoms with Crippen molar-refractivity contribution in [1.29, 1.82) is 0 Å². The molecule has 2 aromatic rings. The van der Waals surface area contributed by atoms with Gasteiger partial charge in [-0.2, -0.15) is 0 Å². The average molecular weight is 438 g/mol. The lowest BCUT2D eigenvalue weighted by molar-refractivity contribution is 0.111. The number of fused-ring (bicyclic) bond motifs is 1. The topological polar surface area (TPSA) is 71.6 Å². The van der Waals surface area contributed by atoms with Crippen molar-refractivity contribution >= 4 is 29.0 Å². The summed E-state index contributed by atoms with van der Waals surface area (Å²) >= 11 is 0. The number of rotatable bonds is 14. The van der Waals surface area contributed by atoms with Gasteiger partial charge in [0.25, 0.3) is 0 Å². The summed E-state index contributed by atoms with van der Waals surface area (Å²) in [6, 6.07) is 5.60. The minimum Gasteiger partial charge on any atom is -0.497 e. The third-order valence-electron chi connectivity index (χ3n) is 5.56. The third kappa shape index (κ3) is 7.93. The number of anilines is 1. The highest BCUT2D eigenvalue weighted by Crippen LogP contribution is 2.31. The van der Waals surface area contributed by atoms with Crippen molar-refractivity contribution in [3.63, 3.8) is 0 Å². The highest BCUT2D eigenvalue weighted by atomic mass is 35.5. The molecule has 1 unspecified atom stereocenters. The van der Waals surface area contributed by atoms with E-state index >= 15 is 0 Å². The number of ether oxygens (including phenoxy) is 1. The number of nitrogens with two attached hydrogens (primary N) is 1. The Hall–Kier alpha value is -1.56. The standard InChI is InChI=1S/C24H39N3O2.ClH/c1-4-6-8-10-14-27(15-11-9-7-5-2)18-23(28)20-12-13-26-24-21(20)16-19(29-3)17-22(24)25;/h12-13,16-17,23,28H,4-11,14-15,18,25H2,1-3H3;1H. The molecule has 0 radical (unpaired) electrons. The van der Waals surface area contributed by atoms with Crippen LogP contribution in [0.4, 0.5) is 5.69 Å². The fraction of sp³-hybridized carbons (Fsp3) is 0.625. The zero-order valence-electron chi connectivity index (χ0n) is 18.9. The number of halogens is 1. The molecule has 0 aliphatic rings. The van der Waals surface area contributed by atoms with E-state index in [0.717, 1.165) is 29.6 Å². The molecule has 1 aromatic heterocycles.